The minimum absolute atomic E-state index is 0.535. The van der Waals surface area contributed by atoms with Crippen LogP contribution in [0.15, 0.2) is 30.3 Å². The van der Waals surface area contributed by atoms with Crippen molar-refractivity contribution in [3.63, 3.8) is 0 Å². The minimum Gasteiger partial charge on any atom is -0.317 e. The zero-order valence-electron chi connectivity index (χ0n) is 8.04. The van der Waals surface area contributed by atoms with E-state index >= 15 is 0 Å². The Kier molecular flexibility index (Phi) is 3.30. The largest absolute Gasteiger partial charge is 0.317 e. The van der Waals surface area contributed by atoms with Crippen molar-refractivity contribution in [2.75, 3.05) is 7.05 Å². The molecule has 0 fully saturated rings. The zero-order valence-corrected chi connectivity index (χ0v) is 8.04. The summed E-state index contributed by atoms with van der Waals surface area (Å²) < 4.78 is 0. The van der Waals surface area contributed by atoms with Gasteiger partial charge in [0, 0.05) is 6.04 Å². The van der Waals surface area contributed by atoms with Gasteiger partial charge in [-0.1, -0.05) is 37.3 Å². The second kappa shape index (κ2) is 4.27. The Morgan fingerprint density at radius 2 is 1.67 bits per heavy atom. The summed E-state index contributed by atoms with van der Waals surface area (Å²) in [7, 11) is 2.00. The van der Waals surface area contributed by atoms with Crippen molar-refractivity contribution < 1.29 is 0 Å². The third kappa shape index (κ3) is 2.08. The molecule has 0 radical (unpaired) electrons. The van der Waals surface area contributed by atoms with Crippen LogP contribution in [-0.4, -0.2) is 13.1 Å². The normalized spacial score (nSPS) is 15.6. The highest BCUT2D eigenvalue weighted by molar-refractivity contribution is 5.20. The summed E-state index contributed by atoms with van der Waals surface area (Å²) in [5, 5.41) is 3.26. The Morgan fingerprint density at radius 1 is 1.08 bits per heavy atom. The molecule has 0 heterocycles. The van der Waals surface area contributed by atoms with Crippen LogP contribution in [0.3, 0.4) is 0 Å². The lowest BCUT2D eigenvalue weighted by molar-refractivity contribution is 0.524. The summed E-state index contributed by atoms with van der Waals surface area (Å²) in [4.78, 5) is 0. The first-order valence-corrected chi connectivity index (χ1v) is 4.48. The molecule has 12 heavy (non-hydrogen) atoms. The van der Waals surface area contributed by atoms with Gasteiger partial charge in [0.25, 0.3) is 0 Å². The van der Waals surface area contributed by atoms with Crippen LogP contribution in [0, 0.1) is 0 Å². The third-order valence-electron chi connectivity index (χ3n) is 2.53. The van der Waals surface area contributed by atoms with E-state index in [1.54, 1.807) is 0 Å². The molecule has 0 spiro atoms. The monoisotopic (exact) mass is 163 g/mol. The molecule has 1 heteroatoms. The SMILES string of the molecule is CN[C@H](C)C(C)c1ccccc1. The van der Waals surface area contributed by atoms with Gasteiger partial charge in [0.2, 0.25) is 0 Å². The maximum atomic E-state index is 3.26. The van der Waals surface area contributed by atoms with E-state index < -0.39 is 0 Å². The summed E-state index contributed by atoms with van der Waals surface area (Å²) in [5.74, 6) is 0.580. The highest BCUT2D eigenvalue weighted by atomic mass is 14.9. The van der Waals surface area contributed by atoms with E-state index in [4.69, 9.17) is 0 Å². The molecule has 0 aliphatic heterocycles. The molecule has 0 amide bonds. The van der Waals surface area contributed by atoms with Gasteiger partial charge < -0.3 is 5.32 Å². The van der Waals surface area contributed by atoms with Crippen LogP contribution in [0.25, 0.3) is 0 Å². The van der Waals surface area contributed by atoms with Crippen LogP contribution >= 0.6 is 0 Å². The van der Waals surface area contributed by atoms with Gasteiger partial charge in [-0.15, -0.1) is 0 Å². The highest BCUT2D eigenvalue weighted by Gasteiger charge is 2.10. The quantitative estimate of drug-likeness (QED) is 0.721. The van der Waals surface area contributed by atoms with Gasteiger partial charge >= 0.3 is 0 Å². The molecule has 0 saturated carbocycles. The van der Waals surface area contributed by atoms with E-state index in [9.17, 15) is 0 Å². The fourth-order valence-corrected chi connectivity index (χ4v) is 1.30. The van der Waals surface area contributed by atoms with Crippen LogP contribution in [0.1, 0.15) is 25.3 Å². The molecule has 2 atom stereocenters. The van der Waals surface area contributed by atoms with E-state index in [2.05, 4.69) is 49.5 Å². The van der Waals surface area contributed by atoms with E-state index in [0.29, 0.717) is 12.0 Å². The molecule has 0 saturated heterocycles. The van der Waals surface area contributed by atoms with Crippen molar-refractivity contribution in [1.82, 2.24) is 5.32 Å². The van der Waals surface area contributed by atoms with Crippen molar-refractivity contribution in [3.8, 4) is 0 Å². The predicted octanol–water partition coefficient (Wildman–Crippen LogP) is 2.40. The second-order valence-electron chi connectivity index (χ2n) is 3.28. The van der Waals surface area contributed by atoms with Gasteiger partial charge in [-0.3, -0.25) is 0 Å². The first-order valence-electron chi connectivity index (χ1n) is 4.48. The number of nitrogens with one attached hydrogen (secondary N) is 1. The van der Waals surface area contributed by atoms with Crippen LogP contribution in [-0.2, 0) is 0 Å². The van der Waals surface area contributed by atoms with Crippen molar-refractivity contribution in [2.45, 2.75) is 25.8 Å². The first-order chi connectivity index (χ1) is 5.75. The molecule has 1 N–H and O–H groups in total. The summed E-state index contributed by atoms with van der Waals surface area (Å²) in [5.41, 5.74) is 1.40. The van der Waals surface area contributed by atoms with E-state index in [1.807, 2.05) is 7.05 Å². The lowest BCUT2D eigenvalue weighted by Gasteiger charge is -2.19. The van der Waals surface area contributed by atoms with Gasteiger partial charge in [0.05, 0.1) is 0 Å². The van der Waals surface area contributed by atoms with Crippen molar-refractivity contribution in [3.05, 3.63) is 35.9 Å². The van der Waals surface area contributed by atoms with E-state index in [0.717, 1.165) is 0 Å². The predicted molar refractivity (Wildman–Crippen MR) is 53.4 cm³/mol. The van der Waals surface area contributed by atoms with Crippen LogP contribution in [0.2, 0.25) is 0 Å². The Morgan fingerprint density at radius 3 is 2.17 bits per heavy atom. The molecular weight excluding hydrogens is 146 g/mol. The molecule has 1 nitrogen and oxygen atoms in total. The van der Waals surface area contributed by atoms with Gasteiger partial charge in [0.15, 0.2) is 0 Å². The number of likely N-dealkylation sites (N-methyl/N-ethyl adjacent to an activating group) is 1. The Bertz CT molecular complexity index is 218. The molecule has 66 valence electrons. The summed E-state index contributed by atoms with van der Waals surface area (Å²) >= 11 is 0. The Labute approximate surface area is 74.8 Å². The van der Waals surface area contributed by atoms with Crippen LogP contribution in [0.4, 0.5) is 0 Å². The maximum Gasteiger partial charge on any atom is 0.0102 e. The summed E-state index contributed by atoms with van der Waals surface area (Å²) in [6.07, 6.45) is 0. The number of benzene rings is 1. The smallest absolute Gasteiger partial charge is 0.0102 e. The number of rotatable bonds is 3. The van der Waals surface area contributed by atoms with Crippen LogP contribution in [0.5, 0.6) is 0 Å². The van der Waals surface area contributed by atoms with Gasteiger partial charge in [0.1, 0.15) is 0 Å². The molecule has 1 aromatic rings. The topological polar surface area (TPSA) is 12.0 Å². The molecule has 1 unspecified atom stereocenters. The second-order valence-corrected chi connectivity index (χ2v) is 3.28. The maximum absolute atomic E-state index is 3.26. The average Bonchev–Trinajstić information content (AvgIpc) is 2.17. The van der Waals surface area contributed by atoms with Gasteiger partial charge in [-0.25, -0.2) is 0 Å². The fraction of sp³-hybridized carbons (Fsp3) is 0.455. The lowest BCUT2D eigenvalue weighted by Crippen LogP contribution is -2.27. The summed E-state index contributed by atoms with van der Waals surface area (Å²) in [6, 6.07) is 11.1. The van der Waals surface area contributed by atoms with Crippen molar-refractivity contribution in [1.29, 1.82) is 0 Å². The fourth-order valence-electron chi connectivity index (χ4n) is 1.30. The molecule has 0 bridgehead atoms. The molecule has 0 aromatic heterocycles. The van der Waals surface area contributed by atoms with Crippen molar-refractivity contribution >= 4 is 0 Å². The first kappa shape index (κ1) is 9.27. The molecule has 0 aliphatic carbocycles. The lowest BCUT2D eigenvalue weighted by atomic mass is 9.95. The standard InChI is InChI=1S/C11H17N/c1-9(10(2)12-3)11-7-5-4-6-8-11/h4-10,12H,1-3H3/t9?,10-/m1/s1. The van der Waals surface area contributed by atoms with E-state index in [-0.39, 0.29) is 0 Å². The number of hydrogen-bond acceptors (Lipinski definition) is 1. The Hall–Kier alpha value is -0.820. The number of hydrogen-bond donors (Lipinski definition) is 1. The van der Waals surface area contributed by atoms with E-state index in [1.165, 1.54) is 5.56 Å². The molecular formula is C11H17N. The molecule has 1 aromatic carbocycles. The highest BCUT2D eigenvalue weighted by Crippen LogP contribution is 2.17. The average molecular weight is 163 g/mol. The summed E-state index contributed by atoms with van der Waals surface area (Å²) in [6.45, 7) is 4.45. The molecule has 0 aliphatic rings. The van der Waals surface area contributed by atoms with Gasteiger partial charge in [-0.05, 0) is 25.5 Å². The minimum atomic E-state index is 0.535. The van der Waals surface area contributed by atoms with Crippen molar-refractivity contribution in [2.24, 2.45) is 0 Å². The van der Waals surface area contributed by atoms with Crippen LogP contribution < -0.4 is 5.32 Å². The zero-order chi connectivity index (χ0) is 8.97. The third-order valence-corrected chi connectivity index (χ3v) is 2.53. The Balaban J connectivity index is 2.71. The van der Waals surface area contributed by atoms with Gasteiger partial charge in [-0.2, -0.15) is 0 Å². The molecule has 1 rings (SSSR count).